The Balaban J connectivity index is 2.01. The van der Waals surface area contributed by atoms with Gasteiger partial charge in [0.05, 0.1) is 15.5 Å². The molecule has 0 bridgehead atoms. The number of thiophene rings is 1. The van der Waals surface area contributed by atoms with Gasteiger partial charge in [-0.15, -0.1) is 11.3 Å². The van der Waals surface area contributed by atoms with E-state index >= 15 is 0 Å². The van der Waals surface area contributed by atoms with Gasteiger partial charge in [-0.25, -0.2) is 21.1 Å². The number of hydrogen-bond donors (Lipinski definition) is 1. The summed E-state index contributed by atoms with van der Waals surface area (Å²) >= 11 is 1.50. The van der Waals surface area contributed by atoms with Crippen LogP contribution in [0.15, 0.2) is 75.8 Å². The summed E-state index contributed by atoms with van der Waals surface area (Å²) in [5, 5.41) is 1.91. The second-order valence-electron chi connectivity index (χ2n) is 5.89. The highest BCUT2D eigenvalue weighted by Crippen LogP contribution is 2.32. The predicted octanol–water partition coefficient (Wildman–Crippen LogP) is 3.47. The molecule has 142 valence electrons. The Kier molecular flexibility index (Phi) is 5.38. The van der Waals surface area contributed by atoms with Gasteiger partial charge in [-0.3, -0.25) is 4.72 Å². The topological polar surface area (TPSA) is 83.6 Å². The molecule has 1 heterocycles. The van der Waals surface area contributed by atoms with Crippen LogP contribution in [-0.2, 0) is 20.0 Å². The van der Waals surface area contributed by atoms with E-state index < -0.39 is 20.0 Å². The number of para-hydroxylation sites is 1. The molecule has 1 aromatic heterocycles. The Hall–Kier alpha value is -2.20. The molecule has 0 fully saturated rings. The maximum Gasteiger partial charge on any atom is 0.261 e. The van der Waals surface area contributed by atoms with E-state index in [9.17, 15) is 16.8 Å². The van der Waals surface area contributed by atoms with Crippen LogP contribution in [0.25, 0.3) is 10.4 Å². The largest absolute Gasteiger partial charge is 0.279 e. The zero-order chi connectivity index (χ0) is 19.7. The van der Waals surface area contributed by atoms with Gasteiger partial charge in [0.15, 0.2) is 0 Å². The Morgan fingerprint density at radius 3 is 2.22 bits per heavy atom. The molecule has 0 aliphatic rings. The minimum absolute atomic E-state index is 0.0816. The van der Waals surface area contributed by atoms with Crippen LogP contribution < -0.4 is 4.72 Å². The minimum Gasteiger partial charge on any atom is -0.279 e. The summed E-state index contributed by atoms with van der Waals surface area (Å²) in [6, 6.07) is 16.2. The molecule has 9 heteroatoms. The highest BCUT2D eigenvalue weighted by atomic mass is 32.2. The van der Waals surface area contributed by atoms with Gasteiger partial charge in [-0.2, -0.15) is 0 Å². The molecule has 27 heavy (non-hydrogen) atoms. The highest BCUT2D eigenvalue weighted by Gasteiger charge is 2.22. The Morgan fingerprint density at radius 1 is 0.852 bits per heavy atom. The van der Waals surface area contributed by atoms with Crippen LogP contribution in [0.2, 0.25) is 0 Å². The number of benzene rings is 2. The Bertz CT molecular complexity index is 1150. The van der Waals surface area contributed by atoms with E-state index in [1.165, 1.54) is 43.6 Å². The van der Waals surface area contributed by atoms with Gasteiger partial charge < -0.3 is 0 Å². The zero-order valence-electron chi connectivity index (χ0n) is 14.7. The first-order valence-electron chi connectivity index (χ1n) is 7.90. The van der Waals surface area contributed by atoms with E-state index in [-0.39, 0.29) is 9.79 Å². The van der Waals surface area contributed by atoms with Crippen molar-refractivity contribution in [3.05, 3.63) is 66.0 Å². The van der Waals surface area contributed by atoms with Gasteiger partial charge in [0.25, 0.3) is 10.0 Å². The fraction of sp³-hybridized carbons (Fsp3) is 0.111. The quantitative estimate of drug-likeness (QED) is 0.659. The molecule has 0 unspecified atom stereocenters. The lowest BCUT2D eigenvalue weighted by Gasteiger charge is -2.14. The van der Waals surface area contributed by atoms with Gasteiger partial charge in [-0.05, 0) is 35.7 Å². The van der Waals surface area contributed by atoms with E-state index in [1.807, 2.05) is 29.6 Å². The van der Waals surface area contributed by atoms with Crippen molar-refractivity contribution in [1.29, 1.82) is 0 Å². The fourth-order valence-corrected chi connectivity index (χ4v) is 5.35. The highest BCUT2D eigenvalue weighted by molar-refractivity contribution is 7.93. The summed E-state index contributed by atoms with van der Waals surface area (Å²) in [6.07, 6.45) is 0. The molecular weight excluding hydrogens is 404 g/mol. The van der Waals surface area contributed by atoms with Crippen molar-refractivity contribution in [2.24, 2.45) is 0 Å². The minimum atomic E-state index is -3.96. The third-order valence-corrected chi connectivity index (χ3v) is 7.93. The molecule has 0 amide bonds. The summed E-state index contributed by atoms with van der Waals surface area (Å²) in [5.74, 6) is 0. The van der Waals surface area contributed by atoms with E-state index in [0.29, 0.717) is 5.69 Å². The second-order valence-corrected chi connectivity index (χ2v) is 10.7. The molecule has 1 N–H and O–H groups in total. The summed E-state index contributed by atoms with van der Waals surface area (Å²) in [5.41, 5.74) is 1.19. The van der Waals surface area contributed by atoms with Crippen molar-refractivity contribution < 1.29 is 16.8 Å². The SMILES string of the molecule is CN(C)S(=O)(=O)c1cccc(S(=O)(=O)Nc2ccccc2-c2cccs2)c1. The van der Waals surface area contributed by atoms with Crippen LogP contribution in [0.1, 0.15) is 0 Å². The van der Waals surface area contributed by atoms with Crippen LogP contribution >= 0.6 is 11.3 Å². The Labute approximate surface area is 163 Å². The molecule has 3 aromatic rings. The van der Waals surface area contributed by atoms with E-state index in [1.54, 1.807) is 12.1 Å². The molecule has 0 saturated heterocycles. The van der Waals surface area contributed by atoms with Crippen LogP contribution in [-0.4, -0.2) is 35.2 Å². The van der Waals surface area contributed by atoms with Gasteiger partial charge in [0.1, 0.15) is 0 Å². The number of anilines is 1. The first-order valence-corrected chi connectivity index (χ1v) is 11.7. The molecule has 3 rings (SSSR count). The van der Waals surface area contributed by atoms with Crippen LogP contribution in [0.3, 0.4) is 0 Å². The zero-order valence-corrected chi connectivity index (χ0v) is 17.1. The predicted molar refractivity (Wildman–Crippen MR) is 108 cm³/mol. The van der Waals surface area contributed by atoms with Crippen molar-refractivity contribution in [2.75, 3.05) is 18.8 Å². The first-order chi connectivity index (χ1) is 12.7. The summed E-state index contributed by atoms with van der Waals surface area (Å²) in [6.45, 7) is 0. The average Bonchev–Trinajstić information content (AvgIpc) is 3.16. The van der Waals surface area contributed by atoms with Crippen LogP contribution in [0, 0.1) is 0 Å². The summed E-state index contributed by atoms with van der Waals surface area (Å²) in [4.78, 5) is 0.727. The number of sulfonamides is 2. The standard InChI is InChI=1S/C18H18N2O4S3/c1-20(2)27(23,24)15-8-5-7-14(13-15)26(21,22)19-17-10-4-3-9-16(17)18-11-6-12-25-18/h3-13,19H,1-2H3. The smallest absolute Gasteiger partial charge is 0.261 e. The van der Waals surface area contributed by atoms with Gasteiger partial charge in [-0.1, -0.05) is 30.3 Å². The fourth-order valence-electron chi connectivity index (χ4n) is 2.44. The van der Waals surface area contributed by atoms with Crippen LogP contribution in [0.4, 0.5) is 5.69 Å². The maximum atomic E-state index is 12.9. The molecule has 0 aliphatic heterocycles. The molecule has 2 aromatic carbocycles. The van der Waals surface area contributed by atoms with E-state index in [2.05, 4.69) is 4.72 Å². The molecule has 0 saturated carbocycles. The molecular formula is C18H18N2O4S3. The molecule has 0 atom stereocenters. The van der Waals surface area contributed by atoms with E-state index in [4.69, 9.17) is 0 Å². The molecule has 6 nitrogen and oxygen atoms in total. The second kappa shape index (κ2) is 7.43. The molecule has 0 spiro atoms. The number of hydrogen-bond acceptors (Lipinski definition) is 5. The van der Waals surface area contributed by atoms with Crippen molar-refractivity contribution >= 4 is 37.1 Å². The third-order valence-electron chi connectivity index (χ3n) is 3.85. The third kappa shape index (κ3) is 4.06. The maximum absolute atomic E-state index is 12.9. The molecule has 0 radical (unpaired) electrons. The lowest BCUT2D eigenvalue weighted by atomic mass is 10.1. The van der Waals surface area contributed by atoms with Crippen LogP contribution in [0.5, 0.6) is 0 Å². The molecule has 0 aliphatic carbocycles. The summed E-state index contributed by atoms with van der Waals surface area (Å²) < 4.78 is 53.9. The van der Waals surface area contributed by atoms with Gasteiger partial charge in [0.2, 0.25) is 10.0 Å². The normalized spacial score (nSPS) is 12.3. The van der Waals surface area contributed by atoms with Gasteiger partial charge in [0, 0.05) is 24.5 Å². The summed E-state index contributed by atoms with van der Waals surface area (Å²) in [7, 11) is -4.91. The first kappa shape index (κ1) is 19.6. The number of nitrogens with zero attached hydrogens (tertiary/aromatic N) is 1. The Morgan fingerprint density at radius 2 is 1.56 bits per heavy atom. The van der Waals surface area contributed by atoms with Crippen molar-refractivity contribution in [3.8, 4) is 10.4 Å². The lowest BCUT2D eigenvalue weighted by molar-refractivity contribution is 0.520. The van der Waals surface area contributed by atoms with Crippen molar-refractivity contribution in [2.45, 2.75) is 9.79 Å². The van der Waals surface area contributed by atoms with Crippen molar-refractivity contribution in [1.82, 2.24) is 4.31 Å². The van der Waals surface area contributed by atoms with Crippen molar-refractivity contribution in [3.63, 3.8) is 0 Å². The van der Waals surface area contributed by atoms with Gasteiger partial charge >= 0.3 is 0 Å². The lowest BCUT2D eigenvalue weighted by Crippen LogP contribution is -2.22. The number of nitrogens with one attached hydrogen (secondary N) is 1. The monoisotopic (exact) mass is 422 g/mol. The number of rotatable bonds is 6. The average molecular weight is 423 g/mol. The van der Waals surface area contributed by atoms with E-state index in [0.717, 1.165) is 20.8 Å².